The minimum atomic E-state index is 0.257. The molecule has 1 nitrogen and oxygen atoms in total. The second-order valence-corrected chi connectivity index (χ2v) is 9.92. The molecule has 0 bridgehead atoms. The summed E-state index contributed by atoms with van der Waals surface area (Å²) in [5, 5.41) is 3.83. The van der Waals surface area contributed by atoms with Crippen molar-refractivity contribution < 1.29 is 0 Å². The van der Waals surface area contributed by atoms with E-state index in [1.807, 2.05) is 11.3 Å². The highest BCUT2D eigenvalue weighted by molar-refractivity contribution is 7.12. The molecule has 120 valence electrons. The first-order chi connectivity index (χ1) is 9.53. The predicted molar refractivity (Wildman–Crippen MR) is 95.1 cm³/mol. The van der Waals surface area contributed by atoms with Crippen molar-refractivity contribution in [3.8, 4) is 0 Å². The number of hydrogen-bond donors (Lipinski definition) is 1. The molecule has 0 amide bonds. The average Bonchev–Trinajstić information content (AvgIpc) is 2.75. The molecule has 1 aliphatic carbocycles. The van der Waals surface area contributed by atoms with E-state index in [4.69, 9.17) is 0 Å². The monoisotopic (exact) mass is 307 g/mol. The summed E-state index contributed by atoms with van der Waals surface area (Å²) in [5.74, 6) is 0.725. The van der Waals surface area contributed by atoms with E-state index in [1.54, 1.807) is 0 Å². The van der Waals surface area contributed by atoms with E-state index in [1.165, 1.54) is 16.2 Å². The van der Waals surface area contributed by atoms with Crippen LogP contribution in [0.25, 0.3) is 0 Å². The van der Waals surface area contributed by atoms with Crippen molar-refractivity contribution in [2.75, 3.05) is 6.54 Å². The Morgan fingerprint density at radius 3 is 2.10 bits per heavy atom. The van der Waals surface area contributed by atoms with Gasteiger partial charge in [0.2, 0.25) is 0 Å². The van der Waals surface area contributed by atoms with Crippen molar-refractivity contribution in [3.63, 3.8) is 0 Å². The molecule has 21 heavy (non-hydrogen) atoms. The van der Waals surface area contributed by atoms with Crippen LogP contribution in [0.2, 0.25) is 0 Å². The molecule has 2 rings (SSSR count). The van der Waals surface area contributed by atoms with Crippen LogP contribution in [-0.4, -0.2) is 6.54 Å². The van der Waals surface area contributed by atoms with Gasteiger partial charge in [0, 0.05) is 15.8 Å². The quantitative estimate of drug-likeness (QED) is 0.728. The first kappa shape index (κ1) is 17.0. The van der Waals surface area contributed by atoms with E-state index in [0.717, 1.165) is 12.5 Å². The molecule has 0 aliphatic heterocycles. The Balaban J connectivity index is 2.28. The molecule has 1 N–H and O–H groups in total. The van der Waals surface area contributed by atoms with E-state index < -0.39 is 0 Å². The first-order valence-corrected chi connectivity index (χ1v) is 9.18. The second kappa shape index (κ2) is 5.38. The van der Waals surface area contributed by atoms with E-state index >= 15 is 0 Å². The van der Waals surface area contributed by atoms with Gasteiger partial charge >= 0.3 is 0 Å². The Labute approximate surface area is 135 Å². The lowest BCUT2D eigenvalue weighted by atomic mass is 9.95. The van der Waals surface area contributed by atoms with Crippen molar-refractivity contribution in [1.82, 2.24) is 5.32 Å². The molecule has 1 aromatic rings. The molecule has 1 unspecified atom stereocenters. The van der Waals surface area contributed by atoms with Gasteiger partial charge in [-0.15, -0.1) is 11.3 Å². The highest BCUT2D eigenvalue weighted by Gasteiger charge is 2.67. The molecular weight excluding hydrogens is 274 g/mol. The second-order valence-electron chi connectivity index (χ2n) is 8.80. The highest BCUT2D eigenvalue weighted by Crippen LogP contribution is 2.72. The molecule has 1 atom stereocenters. The standard InChI is InChI=1S/C19H33NS/c1-9-12-20-15(16-18(5,6)19(16,7)8)13-10-11-14(21-13)17(2,3)4/h10-11,15-16,20H,9,12H2,1-8H3. The van der Waals surface area contributed by atoms with Crippen LogP contribution in [0, 0.1) is 16.7 Å². The van der Waals surface area contributed by atoms with Crippen LogP contribution >= 0.6 is 11.3 Å². The zero-order valence-electron chi connectivity index (χ0n) is 15.1. The molecule has 1 fully saturated rings. The average molecular weight is 308 g/mol. The number of thiophene rings is 1. The summed E-state index contributed by atoms with van der Waals surface area (Å²) in [5.41, 5.74) is 1.10. The van der Waals surface area contributed by atoms with E-state index in [9.17, 15) is 0 Å². The Morgan fingerprint density at radius 2 is 1.71 bits per heavy atom. The zero-order chi connectivity index (χ0) is 16.1. The Kier molecular flexibility index (Phi) is 4.36. The zero-order valence-corrected chi connectivity index (χ0v) is 15.9. The van der Waals surface area contributed by atoms with Crippen LogP contribution in [0.1, 0.15) is 77.6 Å². The fraction of sp³-hybridized carbons (Fsp3) is 0.789. The van der Waals surface area contributed by atoms with Gasteiger partial charge in [-0.2, -0.15) is 0 Å². The summed E-state index contributed by atoms with van der Waals surface area (Å²) in [6.45, 7) is 20.0. The van der Waals surface area contributed by atoms with Gasteiger partial charge in [-0.3, -0.25) is 0 Å². The Bertz CT molecular complexity index is 476. The Morgan fingerprint density at radius 1 is 1.14 bits per heavy atom. The molecule has 1 aliphatic rings. The maximum Gasteiger partial charge on any atom is 0.0454 e. The third-order valence-electron chi connectivity index (χ3n) is 5.75. The van der Waals surface area contributed by atoms with Crippen molar-refractivity contribution in [2.24, 2.45) is 16.7 Å². The molecule has 0 spiro atoms. The van der Waals surface area contributed by atoms with Gasteiger partial charge in [-0.1, -0.05) is 55.4 Å². The van der Waals surface area contributed by atoms with Crippen LogP contribution in [0.4, 0.5) is 0 Å². The molecule has 2 heteroatoms. The normalized spacial score (nSPS) is 22.3. The third kappa shape index (κ3) is 2.94. The lowest BCUT2D eigenvalue weighted by Crippen LogP contribution is -2.25. The van der Waals surface area contributed by atoms with Crippen LogP contribution in [0.3, 0.4) is 0 Å². The molecule has 1 saturated carbocycles. The van der Waals surface area contributed by atoms with Gasteiger partial charge in [0.25, 0.3) is 0 Å². The largest absolute Gasteiger partial charge is 0.309 e. The van der Waals surface area contributed by atoms with E-state index in [2.05, 4.69) is 72.8 Å². The first-order valence-electron chi connectivity index (χ1n) is 8.37. The van der Waals surface area contributed by atoms with E-state index in [-0.39, 0.29) is 5.41 Å². The third-order valence-corrected chi connectivity index (χ3v) is 7.35. The van der Waals surface area contributed by atoms with Crippen molar-refractivity contribution in [1.29, 1.82) is 0 Å². The summed E-state index contributed by atoms with van der Waals surface area (Å²) in [4.78, 5) is 3.02. The minimum absolute atomic E-state index is 0.257. The Hall–Kier alpha value is -0.340. The van der Waals surface area contributed by atoms with E-state index in [0.29, 0.717) is 16.9 Å². The highest BCUT2D eigenvalue weighted by atomic mass is 32.1. The SMILES string of the molecule is CCCNC(c1ccc(C(C)(C)C)s1)C1C(C)(C)C1(C)C. The van der Waals surface area contributed by atoms with Crippen molar-refractivity contribution in [2.45, 2.75) is 73.3 Å². The maximum absolute atomic E-state index is 3.83. The molecule has 0 saturated heterocycles. The number of nitrogens with one attached hydrogen (secondary N) is 1. The van der Waals surface area contributed by atoms with Crippen molar-refractivity contribution >= 4 is 11.3 Å². The summed E-state index contributed by atoms with van der Waals surface area (Å²) in [7, 11) is 0. The number of hydrogen-bond acceptors (Lipinski definition) is 2. The molecule has 1 heterocycles. The number of rotatable bonds is 5. The maximum atomic E-state index is 3.83. The van der Waals surface area contributed by atoms with Gasteiger partial charge < -0.3 is 5.32 Å². The molecule has 0 radical (unpaired) electrons. The van der Waals surface area contributed by atoms with Crippen LogP contribution in [0.15, 0.2) is 12.1 Å². The van der Waals surface area contributed by atoms with Crippen LogP contribution < -0.4 is 5.32 Å². The summed E-state index contributed by atoms with van der Waals surface area (Å²) in [6, 6.07) is 5.21. The minimum Gasteiger partial charge on any atom is -0.309 e. The van der Waals surface area contributed by atoms with Gasteiger partial charge in [0.15, 0.2) is 0 Å². The lowest BCUT2D eigenvalue weighted by molar-refractivity contribution is 0.415. The molecule has 0 aromatic carbocycles. The van der Waals surface area contributed by atoms with Crippen LogP contribution in [-0.2, 0) is 5.41 Å². The summed E-state index contributed by atoms with van der Waals surface area (Å²) in [6.07, 6.45) is 1.20. The fourth-order valence-electron chi connectivity index (χ4n) is 3.69. The van der Waals surface area contributed by atoms with Gasteiger partial charge in [-0.25, -0.2) is 0 Å². The van der Waals surface area contributed by atoms with Crippen LogP contribution in [0.5, 0.6) is 0 Å². The smallest absolute Gasteiger partial charge is 0.0454 e. The summed E-state index contributed by atoms with van der Waals surface area (Å²) < 4.78 is 0. The fourth-order valence-corrected chi connectivity index (χ4v) is 4.87. The van der Waals surface area contributed by atoms with Gasteiger partial charge in [0.1, 0.15) is 0 Å². The molecular formula is C19H33NS. The van der Waals surface area contributed by atoms with Crippen molar-refractivity contribution in [3.05, 3.63) is 21.9 Å². The van der Waals surface area contributed by atoms with Gasteiger partial charge in [0.05, 0.1) is 0 Å². The van der Waals surface area contributed by atoms with Gasteiger partial charge in [-0.05, 0) is 47.3 Å². The lowest BCUT2D eigenvalue weighted by Gasteiger charge is -2.20. The summed E-state index contributed by atoms with van der Waals surface area (Å²) >= 11 is 2.01. The predicted octanol–water partition coefficient (Wildman–Crippen LogP) is 5.77. The molecule has 1 aromatic heterocycles. The topological polar surface area (TPSA) is 12.0 Å².